The number of carbonyl (C=O) groups is 2. The van der Waals surface area contributed by atoms with E-state index in [0.717, 1.165) is 12.1 Å². The molecule has 0 aliphatic carbocycles. The van der Waals surface area contributed by atoms with Gasteiger partial charge in [0.05, 0.1) is 29.4 Å². The molecule has 2 amide bonds. The first kappa shape index (κ1) is 21.9. The topological polar surface area (TPSA) is 67.9 Å². The molecule has 30 heavy (non-hydrogen) atoms. The lowest BCUT2D eigenvalue weighted by atomic mass is 10.1. The molecule has 0 radical (unpaired) electrons. The van der Waals surface area contributed by atoms with Gasteiger partial charge in [0.15, 0.2) is 6.61 Å². The van der Waals surface area contributed by atoms with E-state index in [0.29, 0.717) is 26.3 Å². The van der Waals surface area contributed by atoms with Crippen molar-refractivity contribution in [2.24, 2.45) is 0 Å². The van der Waals surface area contributed by atoms with Gasteiger partial charge in [0, 0.05) is 18.8 Å². The zero-order valence-electron chi connectivity index (χ0n) is 15.7. The second kappa shape index (κ2) is 9.36. The molecule has 3 rings (SSSR count). The zero-order chi connectivity index (χ0) is 21.7. The van der Waals surface area contributed by atoms with Crippen LogP contribution in [0.5, 0.6) is 5.75 Å². The van der Waals surface area contributed by atoms with Crippen molar-refractivity contribution in [1.29, 1.82) is 0 Å². The van der Waals surface area contributed by atoms with E-state index in [1.807, 2.05) is 0 Å². The molecule has 0 spiro atoms. The summed E-state index contributed by atoms with van der Waals surface area (Å²) in [5.74, 6) is -0.725. The highest BCUT2D eigenvalue weighted by Crippen LogP contribution is 2.36. The smallest absolute Gasteiger partial charge is 0.417 e. The van der Waals surface area contributed by atoms with Crippen LogP contribution >= 0.6 is 11.6 Å². The van der Waals surface area contributed by atoms with Crippen LogP contribution in [0.1, 0.15) is 15.9 Å². The van der Waals surface area contributed by atoms with E-state index in [9.17, 15) is 22.8 Å². The predicted molar refractivity (Wildman–Crippen MR) is 104 cm³/mol. The van der Waals surface area contributed by atoms with Gasteiger partial charge < -0.3 is 19.7 Å². The van der Waals surface area contributed by atoms with Crippen molar-refractivity contribution in [2.45, 2.75) is 6.18 Å². The van der Waals surface area contributed by atoms with Gasteiger partial charge in [-0.1, -0.05) is 23.7 Å². The standard InChI is InChI=1S/C20H18ClF3N2O4/c21-16-6-5-13(11-15(16)20(22,23)24)25-18(27)12-30-17-4-2-1-3-14(17)19(28)26-7-9-29-10-8-26/h1-6,11H,7-10,12H2,(H,25,27). The number of hydrogen-bond acceptors (Lipinski definition) is 4. The minimum absolute atomic E-state index is 0.0713. The summed E-state index contributed by atoms with van der Waals surface area (Å²) >= 11 is 5.57. The Morgan fingerprint density at radius 3 is 2.53 bits per heavy atom. The largest absolute Gasteiger partial charge is 0.483 e. The highest BCUT2D eigenvalue weighted by molar-refractivity contribution is 6.31. The lowest BCUT2D eigenvalue weighted by Gasteiger charge is -2.27. The van der Waals surface area contributed by atoms with E-state index >= 15 is 0 Å². The van der Waals surface area contributed by atoms with Gasteiger partial charge in [0.2, 0.25) is 0 Å². The lowest BCUT2D eigenvalue weighted by Crippen LogP contribution is -2.40. The fourth-order valence-corrected chi connectivity index (χ4v) is 3.09. The molecule has 1 N–H and O–H groups in total. The fraction of sp³-hybridized carbons (Fsp3) is 0.300. The van der Waals surface area contributed by atoms with Crippen LogP contribution in [0.3, 0.4) is 0 Å². The second-order valence-electron chi connectivity index (χ2n) is 6.43. The van der Waals surface area contributed by atoms with Gasteiger partial charge in [-0.15, -0.1) is 0 Å². The van der Waals surface area contributed by atoms with E-state index < -0.39 is 29.3 Å². The molecule has 1 heterocycles. The first-order chi connectivity index (χ1) is 14.3. The molecule has 0 saturated carbocycles. The summed E-state index contributed by atoms with van der Waals surface area (Å²) in [6.45, 7) is 1.30. The third-order valence-corrected chi connectivity index (χ3v) is 4.66. The van der Waals surface area contributed by atoms with Gasteiger partial charge in [-0.05, 0) is 30.3 Å². The maximum atomic E-state index is 12.9. The normalized spacial score (nSPS) is 14.3. The molecular weight excluding hydrogens is 425 g/mol. The van der Waals surface area contributed by atoms with Gasteiger partial charge in [0.1, 0.15) is 5.75 Å². The van der Waals surface area contributed by atoms with Crippen LogP contribution in [0.15, 0.2) is 42.5 Å². The number of amides is 2. The zero-order valence-corrected chi connectivity index (χ0v) is 16.4. The monoisotopic (exact) mass is 442 g/mol. The molecule has 2 aromatic carbocycles. The van der Waals surface area contributed by atoms with E-state index in [2.05, 4.69) is 5.32 Å². The van der Waals surface area contributed by atoms with Crippen LogP contribution in [-0.4, -0.2) is 49.6 Å². The summed E-state index contributed by atoms with van der Waals surface area (Å²) < 4.78 is 49.5. The molecule has 0 unspecified atom stereocenters. The Hall–Kier alpha value is -2.78. The minimum Gasteiger partial charge on any atom is -0.483 e. The van der Waals surface area contributed by atoms with Crippen molar-refractivity contribution in [3.8, 4) is 5.75 Å². The summed E-state index contributed by atoms with van der Waals surface area (Å²) in [5.41, 5.74) is -0.833. The number of rotatable bonds is 5. The van der Waals surface area contributed by atoms with Crippen molar-refractivity contribution in [1.82, 2.24) is 4.90 Å². The second-order valence-corrected chi connectivity index (χ2v) is 6.84. The van der Waals surface area contributed by atoms with Crippen LogP contribution in [0.25, 0.3) is 0 Å². The van der Waals surface area contributed by atoms with Crippen LogP contribution in [-0.2, 0) is 15.7 Å². The number of hydrogen-bond donors (Lipinski definition) is 1. The first-order valence-electron chi connectivity index (χ1n) is 9.01. The van der Waals surface area contributed by atoms with E-state index in [4.69, 9.17) is 21.1 Å². The van der Waals surface area contributed by atoms with Crippen LogP contribution in [0.2, 0.25) is 5.02 Å². The highest BCUT2D eigenvalue weighted by atomic mass is 35.5. The predicted octanol–water partition coefficient (Wildman–Crippen LogP) is 3.85. The SMILES string of the molecule is O=C(COc1ccccc1C(=O)N1CCOCC1)Nc1ccc(Cl)c(C(F)(F)F)c1. The molecule has 10 heteroatoms. The van der Waals surface area contributed by atoms with Crippen molar-refractivity contribution < 1.29 is 32.2 Å². The lowest BCUT2D eigenvalue weighted by molar-refractivity contribution is -0.137. The number of ether oxygens (including phenoxy) is 2. The number of carbonyl (C=O) groups excluding carboxylic acids is 2. The van der Waals surface area contributed by atoms with Gasteiger partial charge in [-0.3, -0.25) is 9.59 Å². The molecule has 0 atom stereocenters. The fourth-order valence-electron chi connectivity index (χ4n) is 2.87. The summed E-state index contributed by atoms with van der Waals surface area (Å²) in [7, 11) is 0. The maximum Gasteiger partial charge on any atom is 0.417 e. The van der Waals surface area contributed by atoms with Crippen molar-refractivity contribution in [3.05, 3.63) is 58.6 Å². The molecule has 1 aliphatic rings. The number of alkyl halides is 3. The Morgan fingerprint density at radius 2 is 1.83 bits per heavy atom. The summed E-state index contributed by atoms with van der Waals surface area (Å²) in [4.78, 5) is 26.5. The Kier molecular flexibility index (Phi) is 6.84. The number of benzene rings is 2. The Balaban J connectivity index is 1.65. The summed E-state index contributed by atoms with van der Waals surface area (Å²) in [6.07, 6.45) is -4.65. The van der Waals surface area contributed by atoms with E-state index in [-0.39, 0.29) is 22.9 Å². The van der Waals surface area contributed by atoms with Crippen molar-refractivity contribution in [3.63, 3.8) is 0 Å². The number of halogens is 4. The van der Waals surface area contributed by atoms with Crippen LogP contribution in [0.4, 0.5) is 18.9 Å². The molecule has 0 bridgehead atoms. The first-order valence-corrected chi connectivity index (χ1v) is 9.39. The quantitative estimate of drug-likeness (QED) is 0.763. The molecule has 2 aromatic rings. The molecule has 1 aliphatic heterocycles. The number of para-hydroxylation sites is 1. The number of nitrogens with zero attached hydrogens (tertiary/aromatic N) is 1. The number of anilines is 1. The molecule has 1 fully saturated rings. The Bertz CT molecular complexity index is 931. The number of nitrogens with one attached hydrogen (secondary N) is 1. The van der Waals surface area contributed by atoms with Gasteiger partial charge in [-0.25, -0.2) is 0 Å². The average molecular weight is 443 g/mol. The van der Waals surface area contributed by atoms with Crippen molar-refractivity contribution in [2.75, 3.05) is 38.2 Å². The third-order valence-electron chi connectivity index (χ3n) is 4.33. The molecule has 0 aromatic heterocycles. The van der Waals surface area contributed by atoms with Gasteiger partial charge in [-0.2, -0.15) is 13.2 Å². The number of morpholine rings is 1. The molecule has 6 nitrogen and oxygen atoms in total. The minimum atomic E-state index is -4.65. The van der Waals surface area contributed by atoms with Crippen molar-refractivity contribution >= 4 is 29.1 Å². The highest BCUT2D eigenvalue weighted by Gasteiger charge is 2.33. The van der Waals surface area contributed by atoms with Gasteiger partial charge in [0.25, 0.3) is 11.8 Å². The molecular formula is C20H18ClF3N2O4. The molecule has 1 saturated heterocycles. The van der Waals surface area contributed by atoms with E-state index in [1.54, 1.807) is 29.2 Å². The summed E-state index contributed by atoms with van der Waals surface area (Å²) in [6, 6.07) is 9.51. The Labute approximate surface area is 175 Å². The van der Waals surface area contributed by atoms with Crippen LogP contribution in [0, 0.1) is 0 Å². The van der Waals surface area contributed by atoms with Crippen LogP contribution < -0.4 is 10.1 Å². The molecule has 160 valence electrons. The maximum absolute atomic E-state index is 12.9. The summed E-state index contributed by atoms with van der Waals surface area (Å²) in [5, 5.41) is 1.86. The average Bonchev–Trinajstić information content (AvgIpc) is 2.73. The third kappa shape index (κ3) is 5.43. The van der Waals surface area contributed by atoms with E-state index in [1.165, 1.54) is 6.07 Å². The van der Waals surface area contributed by atoms with Gasteiger partial charge >= 0.3 is 6.18 Å². The Morgan fingerprint density at radius 1 is 1.13 bits per heavy atom.